The number of Topliss-reactive ketones (excluding diaryl/α,β-unsaturated/α-hetero) is 2. The number of phenolic OH excluding ortho intramolecular Hbond substituents is 1. The molecule has 0 spiro atoms. The smallest absolute Gasteiger partial charge is 0.178 e. The summed E-state index contributed by atoms with van der Waals surface area (Å²) >= 11 is 0. The number of fused-ring (bicyclic) bond motifs is 2. The van der Waals surface area contributed by atoms with E-state index in [0.29, 0.717) is 12.0 Å². The van der Waals surface area contributed by atoms with Crippen molar-refractivity contribution in [3.63, 3.8) is 0 Å². The quantitative estimate of drug-likeness (QED) is 0.370. The second-order valence-electron chi connectivity index (χ2n) is 5.54. The van der Waals surface area contributed by atoms with Crippen molar-refractivity contribution < 1.29 is 24.7 Å². The molecule has 0 saturated heterocycles. The Hall–Kier alpha value is -3.16. The topological polar surface area (TPSA) is 133 Å². The molecular formula is C16H12N2O6. The highest BCUT2D eigenvalue weighted by Crippen LogP contribution is 2.43. The maximum atomic E-state index is 12.8. The molecule has 122 valence electrons. The van der Waals surface area contributed by atoms with Gasteiger partial charge in [-0.2, -0.15) is 0 Å². The Labute approximate surface area is 135 Å². The van der Waals surface area contributed by atoms with Crippen LogP contribution in [-0.4, -0.2) is 33.4 Å². The lowest BCUT2D eigenvalue weighted by Gasteiger charge is -2.33. The third-order valence-electron chi connectivity index (χ3n) is 4.39. The first kappa shape index (κ1) is 15.7. The van der Waals surface area contributed by atoms with Crippen LogP contribution in [-0.2, 0) is 4.79 Å². The Bertz CT molecular complexity index is 868. The fourth-order valence-corrected chi connectivity index (χ4v) is 3.29. The fourth-order valence-electron chi connectivity index (χ4n) is 3.29. The van der Waals surface area contributed by atoms with Crippen molar-refractivity contribution in [1.29, 1.82) is 0 Å². The third kappa shape index (κ3) is 1.92. The first-order valence-electron chi connectivity index (χ1n) is 7.20. The lowest BCUT2D eigenvalue weighted by molar-refractivity contribution is -0.117. The van der Waals surface area contributed by atoms with Crippen LogP contribution < -0.4 is 0 Å². The van der Waals surface area contributed by atoms with E-state index < -0.39 is 34.9 Å². The zero-order valence-corrected chi connectivity index (χ0v) is 12.5. The molecule has 0 heterocycles. The van der Waals surface area contributed by atoms with Gasteiger partial charge < -0.3 is 10.3 Å². The van der Waals surface area contributed by atoms with E-state index in [1.54, 1.807) is 6.92 Å². The van der Waals surface area contributed by atoms with Crippen molar-refractivity contribution in [1.82, 2.24) is 0 Å². The van der Waals surface area contributed by atoms with Crippen LogP contribution in [0.5, 0.6) is 5.75 Å². The number of allylic oxidation sites excluding steroid dienone is 2. The molecule has 2 N–H and O–H groups in total. The monoisotopic (exact) mass is 328 g/mol. The van der Waals surface area contributed by atoms with E-state index in [2.05, 4.69) is 10.3 Å². The number of ketones is 3. The molecule has 2 aliphatic rings. The minimum Gasteiger partial charge on any atom is -0.507 e. The number of benzene rings is 1. The van der Waals surface area contributed by atoms with E-state index in [0.717, 1.165) is 12.1 Å². The van der Waals surface area contributed by atoms with Crippen LogP contribution in [0, 0.1) is 16.7 Å². The molecule has 0 aromatic heterocycles. The highest BCUT2D eigenvalue weighted by Gasteiger charge is 2.52. The van der Waals surface area contributed by atoms with Crippen LogP contribution in [0.1, 0.15) is 34.1 Å². The number of carbonyl (C=O) groups is 3. The van der Waals surface area contributed by atoms with Gasteiger partial charge in [0.05, 0.1) is 22.8 Å². The second kappa shape index (κ2) is 5.48. The number of oxime groups is 1. The highest BCUT2D eigenvalue weighted by atomic mass is 16.4. The van der Waals surface area contributed by atoms with Gasteiger partial charge >= 0.3 is 0 Å². The maximum absolute atomic E-state index is 12.8. The summed E-state index contributed by atoms with van der Waals surface area (Å²) in [7, 11) is 0. The number of nitroso groups, excluding NO2 is 1. The van der Waals surface area contributed by atoms with Crippen LogP contribution in [0.4, 0.5) is 5.69 Å². The van der Waals surface area contributed by atoms with Crippen molar-refractivity contribution in [2.75, 3.05) is 0 Å². The predicted molar refractivity (Wildman–Crippen MR) is 81.8 cm³/mol. The second-order valence-corrected chi connectivity index (χ2v) is 5.54. The summed E-state index contributed by atoms with van der Waals surface area (Å²) < 4.78 is 0. The summed E-state index contributed by atoms with van der Waals surface area (Å²) in [5.41, 5.74) is -0.785. The van der Waals surface area contributed by atoms with E-state index in [4.69, 9.17) is 0 Å². The molecule has 8 heteroatoms. The van der Waals surface area contributed by atoms with Crippen LogP contribution in [0.3, 0.4) is 0 Å². The van der Waals surface area contributed by atoms with Gasteiger partial charge in [-0.05, 0) is 35.4 Å². The van der Waals surface area contributed by atoms with Crippen LogP contribution in [0.2, 0.25) is 0 Å². The van der Waals surface area contributed by atoms with Crippen molar-refractivity contribution in [3.8, 4) is 5.75 Å². The molecule has 2 aliphatic carbocycles. The van der Waals surface area contributed by atoms with Crippen LogP contribution in [0.25, 0.3) is 0 Å². The number of nitrogens with zero attached hydrogens (tertiary/aromatic N) is 2. The molecule has 2 unspecified atom stereocenters. The van der Waals surface area contributed by atoms with E-state index >= 15 is 0 Å². The largest absolute Gasteiger partial charge is 0.507 e. The number of hydrogen-bond acceptors (Lipinski definition) is 8. The summed E-state index contributed by atoms with van der Waals surface area (Å²) in [6, 6.07) is 2.19. The lowest BCUT2D eigenvalue weighted by atomic mass is 9.65. The molecule has 0 radical (unpaired) electrons. The molecule has 24 heavy (non-hydrogen) atoms. The minimum absolute atomic E-state index is 0.0741. The fraction of sp³-hybridized carbons (Fsp3) is 0.250. The molecule has 3 rings (SSSR count). The van der Waals surface area contributed by atoms with Gasteiger partial charge in [0, 0.05) is 0 Å². The molecule has 0 aliphatic heterocycles. The van der Waals surface area contributed by atoms with E-state index in [-0.39, 0.29) is 22.5 Å². The minimum atomic E-state index is -1.42. The van der Waals surface area contributed by atoms with Crippen molar-refractivity contribution in [2.24, 2.45) is 22.2 Å². The molecule has 1 aromatic carbocycles. The molecule has 1 aromatic rings. The van der Waals surface area contributed by atoms with Crippen molar-refractivity contribution in [3.05, 3.63) is 39.8 Å². The Morgan fingerprint density at radius 1 is 1.08 bits per heavy atom. The SMILES string of the molecule is CCC1=CC(=O)C2C(=O)c3c(N=O)ccc(O)c3C(=O)C2C1=NO. The number of hydrogen-bond donors (Lipinski definition) is 2. The van der Waals surface area contributed by atoms with E-state index in [9.17, 15) is 29.6 Å². The van der Waals surface area contributed by atoms with Gasteiger partial charge in [-0.3, -0.25) is 14.4 Å². The first-order chi connectivity index (χ1) is 11.5. The molecule has 0 fully saturated rings. The number of aromatic hydroxyl groups is 1. The Balaban J connectivity index is 2.32. The summed E-state index contributed by atoms with van der Waals surface area (Å²) in [6.45, 7) is 1.71. The van der Waals surface area contributed by atoms with Crippen LogP contribution in [0.15, 0.2) is 34.1 Å². The highest BCUT2D eigenvalue weighted by molar-refractivity contribution is 6.36. The molecule has 0 bridgehead atoms. The summed E-state index contributed by atoms with van der Waals surface area (Å²) in [6.07, 6.45) is 1.49. The lowest BCUT2D eigenvalue weighted by Crippen LogP contribution is -2.47. The molecule has 2 atom stereocenters. The standard InChI is InChI=1S/C16H12N2O6/c1-2-6-5-9(20)12-13(14(6)18-24)16(22)11-8(19)4-3-7(17-23)10(11)15(12)21/h3-5,12-13,19,24H,2H2,1H3. The zero-order chi connectivity index (χ0) is 17.6. The normalized spacial score (nSPS) is 24.5. The van der Waals surface area contributed by atoms with Crippen LogP contribution >= 0.6 is 0 Å². The van der Waals surface area contributed by atoms with Gasteiger partial charge in [0.15, 0.2) is 17.3 Å². The Morgan fingerprint density at radius 2 is 1.75 bits per heavy atom. The Morgan fingerprint density at radius 3 is 2.33 bits per heavy atom. The number of phenols is 1. The molecule has 0 saturated carbocycles. The van der Waals surface area contributed by atoms with Gasteiger partial charge in [0.25, 0.3) is 0 Å². The summed E-state index contributed by atoms with van der Waals surface area (Å²) in [5, 5.41) is 25.1. The average molecular weight is 328 g/mol. The van der Waals surface area contributed by atoms with E-state index in [1.165, 1.54) is 6.08 Å². The zero-order valence-electron chi connectivity index (χ0n) is 12.5. The maximum Gasteiger partial charge on any atom is 0.178 e. The summed E-state index contributed by atoms with van der Waals surface area (Å²) in [4.78, 5) is 48.9. The first-order valence-corrected chi connectivity index (χ1v) is 7.20. The number of carbonyl (C=O) groups excluding carboxylic acids is 3. The van der Waals surface area contributed by atoms with Gasteiger partial charge in [-0.25, -0.2) is 0 Å². The van der Waals surface area contributed by atoms with Crippen molar-refractivity contribution in [2.45, 2.75) is 13.3 Å². The average Bonchev–Trinajstić information content (AvgIpc) is 2.58. The Kier molecular flexibility index (Phi) is 3.59. The molecule has 8 nitrogen and oxygen atoms in total. The predicted octanol–water partition coefficient (Wildman–Crippen LogP) is 2.15. The van der Waals surface area contributed by atoms with Gasteiger partial charge in [-0.15, -0.1) is 4.91 Å². The third-order valence-corrected chi connectivity index (χ3v) is 4.39. The van der Waals surface area contributed by atoms with Crippen molar-refractivity contribution >= 4 is 28.7 Å². The summed E-state index contributed by atoms with van der Waals surface area (Å²) in [5.74, 6) is -5.39. The van der Waals surface area contributed by atoms with E-state index in [1.807, 2.05) is 0 Å². The number of rotatable bonds is 2. The molecule has 0 amide bonds. The van der Waals surface area contributed by atoms with Gasteiger partial charge in [0.2, 0.25) is 0 Å². The molecular weight excluding hydrogens is 316 g/mol. The van der Waals surface area contributed by atoms with Gasteiger partial charge in [0.1, 0.15) is 17.4 Å². The van der Waals surface area contributed by atoms with Gasteiger partial charge in [-0.1, -0.05) is 12.1 Å².